The van der Waals surface area contributed by atoms with Crippen LogP contribution in [0.4, 0.5) is 10.1 Å². The molecule has 0 aromatic heterocycles. The standard InChI is InChI=1S/C21H26FN3O3S/c22-19-10-3-4-11-20(19)24-29(27,28)18-9-7-8-17(16-18)21(26)23-12-15-25-13-5-1-2-6-14-25/h3-4,7-11,16,24H,1-2,5-6,12-15H2,(H,23,26). The highest BCUT2D eigenvalue weighted by Crippen LogP contribution is 2.19. The molecule has 1 aliphatic heterocycles. The van der Waals surface area contributed by atoms with Crippen molar-refractivity contribution in [3.05, 3.63) is 59.9 Å². The van der Waals surface area contributed by atoms with Crippen LogP contribution < -0.4 is 10.0 Å². The first-order valence-corrected chi connectivity index (χ1v) is 11.3. The Hall–Kier alpha value is -2.45. The number of amides is 1. The minimum absolute atomic E-state index is 0.0964. The van der Waals surface area contributed by atoms with Crippen LogP contribution in [0.25, 0.3) is 0 Å². The van der Waals surface area contributed by atoms with Crippen molar-refractivity contribution in [3.63, 3.8) is 0 Å². The summed E-state index contributed by atoms with van der Waals surface area (Å²) in [6.07, 6.45) is 4.88. The number of hydrogen-bond acceptors (Lipinski definition) is 4. The first kappa shape index (κ1) is 21.3. The molecule has 1 aliphatic rings. The normalized spacial score (nSPS) is 15.5. The van der Waals surface area contributed by atoms with Crippen LogP contribution >= 0.6 is 0 Å². The summed E-state index contributed by atoms with van der Waals surface area (Å²) in [5.74, 6) is -0.999. The van der Waals surface area contributed by atoms with E-state index in [4.69, 9.17) is 0 Å². The number of anilines is 1. The minimum atomic E-state index is -4.01. The molecule has 0 unspecified atom stereocenters. The Morgan fingerprint density at radius 2 is 1.72 bits per heavy atom. The van der Waals surface area contributed by atoms with Gasteiger partial charge in [-0.25, -0.2) is 12.8 Å². The second-order valence-corrected chi connectivity index (χ2v) is 8.81. The van der Waals surface area contributed by atoms with E-state index >= 15 is 0 Å². The van der Waals surface area contributed by atoms with Crippen LogP contribution in [0.1, 0.15) is 36.0 Å². The average molecular weight is 420 g/mol. The van der Waals surface area contributed by atoms with E-state index in [-0.39, 0.29) is 22.1 Å². The zero-order valence-electron chi connectivity index (χ0n) is 16.2. The topological polar surface area (TPSA) is 78.5 Å². The van der Waals surface area contributed by atoms with Gasteiger partial charge in [0.05, 0.1) is 10.6 Å². The van der Waals surface area contributed by atoms with Crippen LogP contribution in [0.2, 0.25) is 0 Å². The van der Waals surface area contributed by atoms with Gasteiger partial charge in [0.1, 0.15) is 5.82 Å². The molecule has 156 valence electrons. The number of sulfonamides is 1. The highest BCUT2D eigenvalue weighted by molar-refractivity contribution is 7.92. The Kier molecular flexibility index (Phi) is 7.22. The Balaban J connectivity index is 1.62. The maximum atomic E-state index is 13.8. The number of carbonyl (C=O) groups excluding carboxylic acids is 1. The SMILES string of the molecule is O=C(NCCN1CCCCCC1)c1cccc(S(=O)(=O)Nc2ccccc2F)c1. The molecule has 1 amide bonds. The number of nitrogens with zero attached hydrogens (tertiary/aromatic N) is 1. The van der Waals surface area contributed by atoms with Crippen molar-refractivity contribution in [1.29, 1.82) is 0 Å². The molecule has 6 nitrogen and oxygen atoms in total. The van der Waals surface area contributed by atoms with Crippen LogP contribution in [0.5, 0.6) is 0 Å². The van der Waals surface area contributed by atoms with Gasteiger partial charge in [0.25, 0.3) is 15.9 Å². The number of carbonyl (C=O) groups is 1. The zero-order valence-corrected chi connectivity index (χ0v) is 17.1. The quantitative estimate of drug-likeness (QED) is 0.722. The van der Waals surface area contributed by atoms with Gasteiger partial charge < -0.3 is 10.2 Å². The number of para-hydroxylation sites is 1. The van der Waals surface area contributed by atoms with Crippen LogP contribution in [0, 0.1) is 5.82 Å². The molecule has 29 heavy (non-hydrogen) atoms. The van der Waals surface area contributed by atoms with Gasteiger partial charge >= 0.3 is 0 Å². The van der Waals surface area contributed by atoms with Crippen molar-refractivity contribution < 1.29 is 17.6 Å². The van der Waals surface area contributed by atoms with E-state index in [1.165, 1.54) is 68.1 Å². The summed E-state index contributed by atoms with van der Waals surface area (Å²) in [4.78, 5) is 14.7. The molecular formula is C21H26FN3O3S. The van der Waals surface area contributed by atoms with E-state index in [1.54, 1.807) is 6.07 Å². The smallest absolute Gasteiger partial charge is 0.262 e. The Bertz CT molecular complexity index is 942. The molecule has 1 fully saturated rings. The van der Waals surface area contributed by atoms with Gasteiger partial charge in [0, 0.05) is 18.7 Å². The maximum absolute atomic E-state index is 13.8. The highest BCUT2D eigenvalue weighted by Gasteiger charge is 2.18. The van der Waals surface area contributed by atoms with E-state index in [0.717, 1.165) is 19.6 Å². The summed E-state index contributed by atoms with van der Waals surface area (Å²) < 4.78 is 41.1. The lowest BCUT2D eigenvalue weighted by Crippen LogP contribution is -2.35. The van der Waals surface area contributed by atoms with Crippen LogP contribution in [-0.2, 0) is 10.0 Å². The van der Waals surface area contributed by atoms with Gasteiger partial charge in [-0.2, -0.15) is 0 Å². The van der Waals surface area contributed by atoms with E-state index in [1.807, 2.05) is 0 Å². The first-order chi connectivity index (χ1) is 14.0. The molecule has 1 saturated heterocycles. The highest BCUT2D eigenvalue weighted by atomic mass is 32.2. The summed E-state index contributed by atoms with van der Waals surface area (Å²) in [5.41, 5.74) is 0.108. The first-order valence-electron chi connectivity index (χ1n) is 9.84. The van der Waals surface area contributed by atoms with Crippen molar-refractivity contribution in [1.82, 2.24) is 10.2 Å². The summed E-state index contributed by atoms with van der Waals surface area (Å²) in [6, 6.07) is 11.3. The number of likely N-dealkylation sites (tertiary alicyclic amines) is 1. The summed E-state index contributed by atoms with van der Waals surface area (Å²) in [5, 5.41) is 2.85. The monoisotopic (exact) mass is 419 g/mol. The molecule has 2 N–H and O–H groups in total. The van der Waals surface area contributed by atoms with Crippen LogP contribution in [-0.4, -0.2) is 45.4 Å². The molecule has 0 aliphatic carbocycles. The fourth-order valence-corrected chi connectivity index (χ4v) is 4.45. The van der Waals surface area contributed by atoms with E-state index in [2.05, 4.69) is 14.9 Å². The van der Waals surface area contributed by atoms with Crippen molar-refractivity contribution in [3.8, 4) is 0 Å². The second-order valence-electron chi connectivity index (χ2n) is 7.12. The van der Waals surface area contributed by atoms with E-state index in [9.17, 15) is 17.6 Å². The Labute approximate surface area is 171 Å². The number of hydrogen-bond donors (Lipinski definition) is 2. The Morgan fingerprint density at radius 3 is 2.45 bits per heavy atom. The summed E-state index contributed by atoms with van der Waals surface area (Å²) in [7, 11) is -4.01. The molecule has 0 bridgehead atoms. The van der Waals surface area contributed by atoms with Gasteiger partial charge in [-0.15, -0.1) is 0 Å². The van der Waals surface area contributed by atoms with Crippen LogP contribution in [0.3, 0.4) is 0 Å². The molecular weight excluding hydrogens is 393 g/mol. The molecule has 2 aromatic carbocycles. The molecule has 0 atom stereocenters. The molecule has 3 rings (SSSR count). The van der Waals surface area contributed by atoms with Gasteiger partial charge in [0.2, 0.25) is 0 Å². The fourth-order valence-electron chi connectivity index (χ4n) is 3.34. The lowest BCUT2D eigenvalue weighted by molar-refractivity contribution is 0.0948. The van der Waals surface area contributed by atoms with Gasteiger partial charge in [-0.05, 0) is 56.3 Å². The molecule has 0 radical (unpaired) electrons. The number of halogens is 1. The lowest BCUT2D eigenvalue weighted by atomic mass is 10.2. The molecule has 1 heterocycles. The van der Waals surface area contributed by atoms with E-state index in [0.29, 0.717) is 6.54 Å². The lowest BCUT2D eigenvalue weighted by Gasteiger charge is -2.19. The Morgan fingerprint density at radius 1 is 1.00 bits per heavy atom. The third kappa shape index (κ3) is 6.01. The van der Waals surface area contributed by atoms with Crippen LogP contribution in [0.15, 0.2) is 53.4 Å². The van der Waals surface area contributed by atoms with Gasteiger partial charge in [0.15, 0.2) is 0 Å². The third-order valence-corrected chi connectivity index (χ3v) is 6.30. The molecule has 0 saturated carbocycles. The molecule has 0 spiro atoms. The summed E-state index contributed by atoms with van der Waals surface area (Å²) >= 11 is 0. The second kappa shape index (κ2) is 9.84. The zero-order chi connectivity index (χ0) is 20.7. The largest absolute Gasteiger partial charge is 0.351 e. The van der Waals surface area contributed by atoms with Crippen molar-refractivity contribution >= 4 is 21.6 Å². The minimum Gasteiger partial charge on any atom is -0.351 e. The van der Waals surface area contributed by atoms with Crippen molar-refractivity contribution in [2.45, 2.75) is 30.6 Å². The number of nitrogens with one attached hydrogen (secondary N) is 2. The average Bonchev–Trinajstić information content (AvgIpc) is 2.98. The molecule has 8 heteroatoms. The predicted octanol–water partition coefficient (Wildman–Crippen LogP) is 3.23. The number of benzene rings is 2. The third-order valence-electron chi connectivity index (χ3n) is 4.94. The van der Waals surface area contributed by atoms with Crippen molar-refractivity contribution in [2.24, 2.45) is 0 Å². The van der Waals surface area contributed by atoms with Gasteiger partial charge in [-0.3, -0.25) is 9.52 Å². The molecule has 2 aromatic rings. The van der Waals surface area contributed by atoms with E-state index < -0.39 is 15.8 Å². The fraction of sp³-hybridized carbons (Fsp3) is 0.381. The van der Waals surface area contributed by atoms with Gasteiger partial charge in [-0.1, -0.05) is 31.0 Å². The summed E-state index contributed by atoms with van der Waals surface area (Å²) in [6.45, 7) is 3.37. The number of rotatable bonds is 7. The predicted molar refractivity (Wildman–Crippen MR) is 111 cm³/mol. The maximum Gasteiger partial charge on any atom is 0.262 e. The van der Waals surface area contributed by atoms with Crippen molar-refractivity contribution in [2.75, 3.05) is 30.9 Å².